The molecule has 1 amide bonds. The summed E-state index contributed by atoms with van der Waals surface area (Å²) >= 11 is 0. The lowest BCUT2D eigenvalue weighted by Gasteiger charge is -2.43. The summed E-state index contributed by atoms with van der Waals surface area (Å²) in [7, 11) is 0. The number of aryl methyl sites for hydroxylation is 2. The van der Waals surface area contributed by atoms with Gasteiger partial charge in [-0.3, -0.25) is 14.9 Å². The van der Waals surface area contributed by atoms with Gasteiger partial charge in [0, 0.05) is 44.6 Å². The van der Waals surface area contributed by atoms with E-state index in [-0.39, 0.29) is 12.1 Å². The largest absolute Gasteiger partial charge is 0.444 e. The molecule has 2 aromatic rings. The molecule has 6 nitrogen and oxygen atoms in total. The minimum atomic E-state index is -0.479. The fraction of sp³-hybridized carbons (Fsp3) is 0.522. The van der Waals surface area contributed by atoms with Crippen LogP contribution in [0.25, 0.3) is 0 Å². The Labute approximate surface area is 173 Å². The Morgan fingerprint density at radius 2 is 1.66 bits per heavy atom. The van der Waals surface area contributed by atoms with Crippen LogP contribution in [0.5, 0.6) is 0 Å². The molecule has 1 aliphatic rings. The van der Waals surface area contributed by atoms with Crippen LogP contribution in [0.2, 0.25) is 0 Å². The van der Waals surface area contributed by atoms with Crippen LogP contribution in [0.3, 0.4) is 0 Å². The first-order chi connectivity index (χ1) is 13.7. The third kappa shape index (κ3) is 5.76. The van der Waals surface area contributed by atoms with Gasteiger partial charge in [-0.05, 0) is 64.3 Å². The molecular formula is C23H32N4O2. The van der Waals surface area contributed by atoms with Crippen LogP contribution in [-0.2, 0) is 17.8 Å². The minimum absolute atomic E-state index is 0.151. The number of amides is 1. The van der Waals surface area contributed by atoms with E-state index in [0.717, 1.165) is 44.0 Å². The maximum absolute atomic E-state index is 12.5. The normalized spacial score (nSPS) is 16.6. The van der Waals surface area contributed by atoms with Crippen molar-refractivity contribution >= 4 is 6.09 Å². The molecule has 0 bridgehead atoms. The fourth-order valence-electron chi connectivity index (χ4n) is 3.47. The molecule has 0 aliphatic carbocycles. The van der Waals surface area contributed by atoms with Crippen molar-refractivity contribution in [3.63, 3.8) is 0 Å². The number of pyridine rings is 2. The van der Waals surface area contributed by atoms with Crippen molar-refractivity contribution in [2.24, 2.45) is 0 Å². The van der Waals surface area contributed by atoms with Gasteiger partial charge in [0.25, 0.3) is 0 Å². The van der Waals surface area contributed by atoms with E-state index >= 15 is 0 Å². The Balaban J connectivity index is 1.73. The predicted octanol–water partition coefficient (Wildman–Crippen LogP) is 4.11. The summed E-state index contributed by atoms with van der Waals surface area (Å²) < 4.78 is 5.57. The Hall–Kier alpha value is -2.47. The number of carbonyl (C=O) groups excluding carboxylic acids is 1. The lowest BCUT2D eigenvalue weighted by atomic mass is 10.0. The Bertz CT molecular complexity index is 799. The second-order valence-corrected chi connectivity index (χ2v) is 8.82. The maximum atomic E-state index is 12.5. The van der Waals surface area contributed by atoms with Crippen molar-refractivity contribution in [2.75, 3.05) is 13.1 Å². The maximum Gasteiger partial charge on any atom is 0.410 e. The number of hydrogen-bond acceptors (Lipinski definition) is 5. The third-order valence-corrected chi connectivity index (χ3v) is 5.22. The highest BCUT2D eigenvalue weighted by Gasteiger charge is 2.36. The van der Waals surface area contributed by atoms with E-state index in [0.29, 0.717) is 0 Å². The summed E-state index contributed by atoms with van der Waals surface area (Å²) in [6.45, 7) is 12.8. The molecule has 1 saturated heterocycles. The van der Waals surface area contributed by atoms with E-state index in [4.69, 9.17) is 4.74 Å². The molecule has 6 heteroatoms. The van der Waals surface area contributed by atoms with Crippen LogP contribution >= 0.6 is 0 Å². The predicted molar refractivity (Wildman–Crippen MR) is 113 cm³/mol. The highest BCUT2D eigenvalue weighted by atomic mass is 16.6. The van der Waals surface area contributed by atoms with Gasteiger partial charge >= 0.3 is 6.09 Å². The van der Waals surface area contributed by atoms with Gasteiger partial charge in [-0.15, -0.1) is 0 Å². The second kappa shape index (κ2) is 8.91. The van der Waals surface area contributed by atoms with Crippen molar-refractivity contribution in [1.29, 1.82) is 0 Å². The molecule has 0 saturated carbocycles. The summed E-state index contributed by atoms with van der Waals surface area (Å²) in [5.74, 6) is 0. The topological polar surface area (TPSA) is 58.6 Å². The second-order valence-electron chi connectivity index (χ2n) is 8.82. The van der Waals surface area contributed by atoms with Crippen molar-refractivity contribution in [2.45, 2.75) is 65.8 Å². The van der Waals surface area contributed by atoms with E-state index in [1.54, 1.807) is 0 Å². The molecule has 3 heterocycles. The van der Waals surface area contributed by atoms with Crippen molar-refractivity contribution < 1.29 is 9.53 Å². The van der Waals surface area contributed by atoms with Crippen LogP contribution in [0.4, 0.5) is 4.79 Å². The van der Waals surface area contributed by atoms with Gasteiger partial charge in [0.2, 0.25) is 0 Å². The van der Waals surface area contributed by atoms with Crippen molar-refractivity contribution in [1.82, 2.24) is 19.8 Å². The number of ether oxygens (including phenoxy) is 1. The standard InChI is InChI=1S/C23H32N4O2/c1-17-8-6-11-24-20(17)15-26(16-21-18(2)9-7-12-25-21)14-19-10-13-27(19)22(28)29-23(3,4)5/h6-9,11-12,19H,10,13-16H2,1-5H3. The number of hydrogen-bond donors (Lipinski definition) is 0. The Morgan fingerprint density at radius 1 is 1.10 bits per heavy atom. The van der Waals surface area contributed by atoms with Gasteiger partial charge in [-0.2, -0.15) is 0 Å². The zero-order valence-corrected chi connectivity index (χ0v) is 18.2. The van der Waals surface area contributed by atoms with Crippen molar-refractivity contribution in [3.8, 4) is 0 Å². The number of rotatable bonds is 6. The van der Waals surface area contributed by atoms with Gasteiger partial charge in [0.15, 0.2) is 0 Å². The Morgan fingerprint density at radius 3 is 2.07 bits per heavy atom. The molecule has 0 aromatic carbocycles. The van der Waals surface area contributed by atoms with Gasteiger partial charge < -0.3 is 9.64 Å². The zero-order valence-electron chi connectivity index (χ0n) is 18.2. The molecule has 1 atom stereocenters. The summed E-state index contributed by atoms with van der Waals surface area (Å²) in [4.78, 5) is 25.8. The minimum Gasteiger partial charge on any atom is -0.444 e. The zero-order chi connectivity index (χ0) is 21.0. The highest BCUT2D eigenvalue weighted by Crippen LogP contribution is 2.24. The average Bonchev–Trinajstić information content (AvgIpc) is 2.60. The van der Waals surface area contributed by atoms with Gasteiger partial charge in [-0.1, -0.05) is 12.1 Å². The Kier molecular flexibility index (Phi) is 6.52. The molecule has 0 radical (unpaired) electrons. The molecule has 3 rings (SSSR count). The summed E-state index contributed by atoms with van der Waals surface area (Å²) in [5.41, 5.74) is 3.99. The van der Waals surface area contributed by atoms with E-state index in [9.17, 15) is 4.79 Å². The summed E-state index contributed by atoms with van der Waals surface area (Å²) in [6, 6.07) is 8.24. The number of carbonyl (C=O) groups is 1. The molecule has 0 N–H and O–H groups in total. The smallest absolute Gasteiger partial charge is 0.410 e. The number of aromatic nitrogens is 2. The molecule has 1 unspecified atom stereocenters. The third-order valence-electron chi connectivity index (χ3n) is 5.22. The lowest BCUT2D eigenvalue weighted by Crippen LogP contribution is -2.56. The van der Waals surface area contributed by atoms with E-state index < -0.39 is 5.60 Å². The number of likely N-dealkylation sites (tertiary alicyclic amines) is 1. The van der Waals surface area contributed by atoms with Gasteiger partial charge in [0.1, 0.15) is 5.60 Å². The van der Waals surface area contributed by atoms with Gasteiger partial charge in [-0.25, -0.2) is 4.79 Å². The molecule has 156 valence electrons. The highest BCUT2D eigenvalue weighted by molar-refractivity contribution is 5.69. The average molecular weight is 397 g/mol. The monoisotopic (exact) mass is 396 g/mol. The SMILES string of the molecule is Cc1cccnc1CN(Cc1ncccc1C)CC1CCN1C(=O)OC(C)(C)C. The molecule has 1 fully saturated rings. The van der Waals surface area contributed by atoms with Crippen LogP contribution in [0.1, 0.15) is 49.7 Å². The molecule has 2 aromatic heterocycles. The van der Waals surface area contributed by atoms with Crippen LogP contribution < -0.4 is 0 Å². The van der Waals surface area contributed by atoms with Crippen LogP contribution in [0.15, 0.2) is 36.7 Å². The molecule has 1 aliphatic heterocycles. The quantitative estimate of drug-likeness (QED) is 0.736. The molecular weight excluding hydrogens is 364 g/mol. The first-order valence-corrected chi connectivity index (χ1v) is 10.3. The van der Waals surface area contributed by atoms with E-state index in [1.165, 1.54) is 11.1 Å². The lowest BCUT2D eigenvalue weighted by molar-refractivity contribution is -0.0132. The summed E-state index contributed by atoms with van der Waals surface area (Å²) in [6.07, 6.45) is 4.43. The van der Waals surface area contributed by atoms with Gasteiger partial charge in [0.05, 0.1) is 11.4 Å². The van der Waals surface area contributed by atoms with E-state index in [1.807, 2.05) is 50.2 Å². The van der Waals surface area contributed by atoms with Crippen LogP contribution in [0, 0.1) is 13.8 Å². The molecule has 29 heavy (non-hydrogen) atoms. The fourth-order valence-corrected chi connectivity index (χ4v) is 3.47. The first-order valence-electron chi connectivity index (χ1n) is 10.3. The number of nitrogens with zero attached hydrogens (tertiary/aromatic N) is 4. The summed E-state index contributed by atoms with van der Waals surface area (Å²) in [5, 5.41) is 0. The van der Waals surface area contributed by atoms with Crippen LogP contribution in [-0.4, -0.2) is 50.6 Å². The first kappa shape index (κ1) is 21.2. The molecule has 0 spiro atoms. The van der Waals surface area contributed by atoms with E-state index in [2.05, 4.69) is 40.8 Å². The van der Waals surface area contributed by atoms with Crippen molar-refractivity contribution in [3.05, 3.63) is 59.2 Å².